The number of aromatic nitrogens is 2. The van der Waals surface area contributed by atoms with E-state index in [0.717, 1.165) is 50.4 Å². The molecule has 0 spiro atoms. The molecule has 0 radical (unpaired) electrons. The van der Waals surface area contributed by atoms with Gasteiger partial charge in [0, 0.05) is 25.6 Å². The van der Waals surface area contributed by atoms with E-state index in [9.17, 15) is 4.79 Å². The molecule has 1 fully saturated rings. The number of para-hydroxylation sites is 2. The van der Waals surface area contributed by atoms with Crippen LogP contribution in [0.15, 0.2) is 24.3 Å². The highest BCUT2D eigenvalue weighted by molar-refractivity contribution is 5.78. The summed E-state index contributed by atoms with van der Waals surface area (Å²) in [6, 6.07) is 8.75. The lowest BCUT2D eigenvalue weighted by Gasteiger charge is -2.33. The summed E-state index contributed by atoms with van der Waals surface area (Å²) in [7, 11) is 1.90. The Labute approximate surface area is 150 Å². The molecular weight excluding hydrogens is 312 g/mol. The van der Waals surface area contributed by atoms with Crippen LogP contribution in [0.4, 0.5) is 0 Å². The quantitative estimate of drug-likeness (QED) is 0.837. The highest BCUT2D eigenvalue weighted by atomic mass is 16.2. The number of hydrogen-bond acceptors (Lipinski definition) is 3. The molecule has 1 aliphatic rings. The Balaban J connectivity index is 1.69. The number of benzene rings is 1. The summed E-state index contributed by atoms with van der Waals surface area (Å²) in [5.41, 5.74) is 2.28. The number of hydrogen-bond donors (Lipinski definition) is 0. The molecule has 1 amide bonds. The number of piperidine rings is 1. The van der Waals surface area contributed by atoms with E-state index in [0.29, 0.717) is 11.9 Å². The van der Waals surface area contributed by atoms with Gasteiger partial charge in [0.2, 0.25) is 5.91 Å². The molecule has 0 N–H and O–H groups in total. The highest BCUT2D eigenvalue weighted by Crippen LogP contribution is 2.24. The molecule has 0 unspecified atom stereocenters. The third-order valence-corrected chi connectivity index (χ3v) is 5.34. The van der Waals surface area contributed by atoms with Crippen LogP contribution in [0.1, 0.15) is 45.5 Å². The normalized spacial score (nSPS) is 16.7. The largest absolute Gasteiger partial charge is 0.346 e. The number of fused-ring (bicyclic) bond motifs is 1. The standard InChI is InChI=1S/C20H30N4O/c1-5-22(4)20(25)16-10-12-23(13-11-16)14-19-21-17-8-6-7-9-18(17)24(19)15(2)3/h6-9,15-16H,5,10-14H2,1-4H3. The van der Waals surface area contributed by atoms with Crippen LogP contribution in [0.2, 0.25) is 0 Å². The van der Waals surface area contributed by atoms with Crippen molar-refractivity contribution in [2.75, 3.05) is 26.7 Å². The van der Waals surface area contributed by atoms with Gasteiger partial charge in [-0.1, -0.05) is 12.1 Å². The van der Waals surface area contributed by atoms with E-state index in [-0.39, 0.29) is 5.92 Å². The number of carbonyl (C=O) groups is 1. The molecule has 1 saturated heterocycles. The van der Waals surface area contributed by atoms with Crippen LogP contribution in [-0.2, 0) is 11.3 Å². The Kier molecular flexibility index (Phi) is 5.42. The molecule has 5 nitrogen and oxygen atoms in total. The van der Waals surface area contributed by atoms with Gasteiger partial charge in [0.25, 0.3) is 0 Å². The molecule has 5 heteroatoms. The van der Waals surface area contributed by atoms with Gasteiger partial charge >= 0.3 is 0 Å². The predicted octanol–water partition coefficient (Wildman–Crippen LogP) is 3.31. The molecule has 0 aliphatic carbocycles. The lowest BCUT2D eigenvalue weighted by molar-refractivity contribution is -0.135. The Bertz CT molecular complexity index is 728. The van der Waals surface area contributed by atoms with E-state index in [4.69, 9.17) is 4.98 Å². The van der Waals surface area contributed by atoms with Crippen molar-refractivity contribution in [3.8, 4) is 0 Å². The maximum absolute atomic E-state index is 12.3. The van der Waals surface area contributed by atoms with Crippen LogP contribution in [0.3, 0.4) is 0 Å². The van der Waals surface area contributed by atoms with Crippen molar-refractivity contribution in [3.63, 3.8) is 0 Å². The number of likely N-dealkylation sites (tertiary alicyclic amines) is 1. The first kappa shape index (κ1) is 17.9. The lowest BCUT2D eigenvalue weighted by Crippen LogP contribution is -2.41. The Morgan fingerprint density at radius 1 is 1.28 bits per heavy atom. The summed E-state index contributed by atoms with van der Waals surface area (Å²) in [6.45, 7) is 10.0. The Morgan fingerprint density at radius 2 is 1.96 bits per heavy atom. The summed E-state index contributed by atoms with van der Waals surface area (Å²) < 4.78 is 2.34. The van der Waals surface area contributed by atoms with Gasteiger partial charge in [-0.15, -0.1) is 0 Å². The maximum atomic E-state index is 12.3. The number of amides is 1. The van der Waals surface area contributed by atoms with Crippen molar-refractivity contribution in [1.82, 2.24) is 19.4 Å². The minimum atomic E-state index is 0.185. The van der Waals surface area contributed by atoms with Gasteiger partial charge < -0.3 is 9.47 Å². The summed E-state index contributed by atoms with van der Waals surface area (Å²) in [5, 5.41) is 0. The predicted molar refractivity (Wildman–Crippen MR) is 101 cm³/mol. The van der Waals surface area contributed by atoms with E-state index in [1.165, 1.54) is 5.52 Å². The van der Waals surface area contributed by atoms with Gasteiger partial charge in [0.05, 0.1) is 17.6 Å². The number of nitrogens with zero attached hydrogens (tertiary/aromatic N) is 4. The molecule has 25 heavy (non-hydrogen) atoms. The molecule has 3 rings (SSSR count). The molecule has 136 valence electrons. The van der Waals surface area contributed by atoms with Crippen molar-refractivity contribution in [3.05, 3.63) is 30.1 Å². The minimum absolute atomic E-state index is 0.185. The van der Waals surface area contributed by atoms with Crippen LogP contribution >= 0.6 is 0 Å². The van der Waals surface area contributed by atoms with Gasteiger partial charge in [-0.25, -0.2) is 4.98 Å². The molecule has 2 aromatic rings. The Morgan fingerprint density at radius 3 is 2.60 bits per heavy atom. The van der Waals surface area contributed by atoms with Gasteiger partial charge in [0.1, 0.15) is 5.82 Å². The molecule has 1 aromatic carbocycles. The van der Waals surface area contributed by atoms with Crippen LogP contribution in [0.5, 0.6) is 0 Å². The van der Waals surface area contributed by atoms with Crippen LogP contribution < -0.4 is 0 Å². The van der Waals surface area contributed by atoms with Crippen molar-refractivity contribution < 1.29 is 4.79 Å². The first-order valence-corrected chi connectivity index (χ1v) is 9.44. The average molecular weight is 342 g/mol. The molecule has 1 aliphatic heterocycles. The third-order valence-electron chi connectivity index (χ3n) is 5.34. The van der Waals surface area contributed by atoms with Crippen molar-refractivity contribution in [2.24, 2.45) is 5.92 Å². The molecule has 1 aromatic heterocycles. The number of rotatable bonds is 5. The van der Waals surface area contributed by atoms with Crippen molar-refractivity contribution >= 4 is 16.9 Å². The fourth-order valence-electron chi connectivity index (χ4n) is 3.79. The summed E-state index contributed by atoms with van der Waals surface area (Å²) in [4.78, 5) is 21.5. The highest BCUT2D eigenvalue weighted by Gasteiger charge is 2.27. The second-order valence-electron chi connectivity index (χ2n) is 7.38. The molecular formula is C20H30N4O. The Hall–Kier alpha value is -1.88. The van der Waals surface area contributed by atoms with E-state index in [1.54, 1.807) is 0 Å². The zero-order chi connectivity index (χ0) is 18.0. The zero-order valence-corrected chi connectivity index (χ0v) is 15.9. The fourth-order valence-corrected chi connectivity index (χ4v) is 3.79. The van der Waals surface area contributed by atoms with E-state index in [1.807, 2.05) is 24.9 Å². The lowest BCUT2D eigenvalue weighted by atomic mass is 9.95. The number of imidazole rings is 1. The van der Waals surface area contributed by atoms with Crippen LogP contribution in [0.25, 0.3) is 11.0 Å². The summed E-state index contributed by atoms with van der Waals surface area (Å²) in [5.74, 6) is 1.62. The smallest absolute Gasteiger partial charge is 0.225 e. The van der Waals surface area contributed by atoms with Crippen LogP contribution in [-0.4, -0.2) is 51.9 Å². The molecule has 0 saturated carbocycles. The second kappa shape index (κ2) is 7.56. The molecule has 2 heterocycles. The van der Waals surface area contributed by atoms with E-state index in [2.05, 4.69) is 41.5 Å². The maximum Gasteiger partial charge on any atom is 0.225 e. The molecule has 0 atom stereocenters. The fraction of sp³-hybridized carbons (Fsp3) is 0.600. The summed E-state index contributed by atoms with van der Waals surface area (Å²) >= 11 is 0. The second-order valence-corrected chi connectivity index (χ2v) is 7.38. The monoisotopic (exact) mass is 342 g/mol. The van der Waals surface area contributed by atoms with Crippen molar-refractivity contribution in [1.29, 1.82) is 0 Å². The van der Waals surface area contributed by atoms with E-state index < -0.39 is 0 Å². The summed E-state index contributed by atoms with van der Waals surface area (Å²) in [6.07, 6.45) is 1.90. The van der Waals surface area contributed by atoms with Crippen LogP contribution in [0, 0.1) is 5.92 Å². The van der Waals surface area contributed by atoms with Crippen molar-refractivity contribution in [2.45, 2.75) is 46.2 Å². The first-order chi connectivity index (χ1) is 12.0. The van der Waals surface area contributed by atoms with E-state index >= 15 is 0 Å². The van der Waals surface area contributed by atoms with Gasteiger partial charge in [-0.2, -0.15) is 0 Å². The minimum Gasteiger partial charge on any atom is -0.346 e. The number of carbonyl (C=O) groups excluding carboxylic acids is 1. The SMILES string of the molecule is CCN(C)C(=O)C1CCN(Cc2nc3ccccc3n2C(C)C)CC1. The first-order valence-electron chi connectivity index (χ1n) is 9.44. The van der Waals surface area contributed by atoms with Gasteiger partial charge in [-0.3, -0.25) is 9.69 Å². The van der Waals surface area contributed by atoms with Gasteiger partial charge in [0.15, 0.2) is 0 Å². The van der Waals surface area contributed by atoms with Gasteiger partial charge in [-0.05, 0) is 58.8 Å². The molecule has 0 bridgehead atoms. The zero-order valence-electron chi connectivity index (χ0n) is 15.9. The third kappa shape index (κ3) is 3.71. The topological polar surface area (TPSA) is 41.4 Å². The average Bonchev–Trinajstić information content (AvgIpc) is 2.99.